The third-order valence-corrected chi connectivity index (χ3v) is 5.81. The lowest BCUT2D eigenvalue weighted by molar-refractivity contribution is 0.212. The first kappa shape index (κ1) is 17.2. The van der Waals surface area contributed by atoms with E-state index in [-0.39, 0.29) is 0 Å². The van der Waals surface area contributed by atoms with Gasteiger partial charge in [-0.15, -0.1) is 0 Å². The molecule has 0 saturated heterocycles. The third-order valence-electron chi connectivity index (χ3n) is 5.81. The molecular weight excluding hydrogens is 306 g/mol. The molecule has 3 heteroatoms. The standard InChI is InChI=1S/C21H26F2O/c1-2-3-14-4-6-15(7-5-14)16-8-10-17(11-9-16)18-12-13-19(24)21(23)20(18)22/h2-3,10,12-16,24H,4-9,11H2,1H3/b3-2+. The van der Waals surface area contributed by atoms with Gasteiger partial charge in [-0.2, -0.15) is 4.39 Å². The Morgan fingerprint density at radius 1 is 1.00 bits per heavy atom. The van der Waals surface area contributed by atoms with E-state index < -0.39 is 17.4 Å². The molecule has 0 aliphatic heterocycles. The second kappa shape index (κ2) is 7.50. The summed E-state index contributed by atoms with van der Waals surface area (Å²) >= 11 is 0. The van der Waals surface area contributed by atoms with E-state index in [0.29, 0.717) is 11.5 Å². The Bertz CT molecular complexity index is 639. The number of allylic oxidation sites excluding steroid dienone is 4. The van der Waals surface area contributed by atoms with Crippen molar-refractivity contribution in [3.05, 3.63) is 47.6 Å². The third kappa shape index (κ3) is 3.55. The zero-order valence-electron chi connectivity index (χ0n) is 14.3. The minimum atomic E-state index is -1.14. The lowest BCUT2D eigenvalue weighted by Crippen LogP contribution is -2.22. The molecule has 1 nitrogen and oxygen atoms in total. The number of hydrogen-bond acceptors (Lipinski definition) is 1. The zero-order valence-corrected chi connectivity index (χ0v) is 14.3. The first-order valence-corrected chi connectivity index (χ1v) is 9.09. The van der Waals surface area contributed by atoms with Gasteiger partial charge in [0.15, 0.2) is 11.6 Å². The van der Waals surface area contributed by atoms with Gasteiger partial charge in [-0.25, -0.2) is 4.39 Å². The summed E-state index contributed by atoms with van der Waals surface area (Å²) in [7, 11) is 0. The normalized spacial score (nSPS) is 28.1. The predicted molar refractivity (Wildman–Crippen MR) is 93.6 cm³/mol. The van der Waals surface area contributed by atoms with Crippen LogP contribution in [0.4, 0.5) is 8.78 Å². The molecule has 1 saturated carbocycles. The first-order valence-electron chi connectivity index (χ1n) is 9.09. The van der Waals surface area contributed by atoms with Crippen LogP contribution in [0.25, 0.3) is 5.57 Å². The highest BCUT2D eigenvalue weighted by Gasteiger charge is 2.28. The number of aromatic hydroxyl groups is 1. The molecule has 1 N–H and O–H groups in total. The second-order valence-electron chi connectivity index (χ2n) is 7.22. The largest absolute Gasteiger partial charge is 0.505 e. The van der Waals surface area contributed by atoms with E-state index in [4.69, 9.17) is 0 Å². The molecule has 0 spiro atoms. The highest BCUT2D eigenvalue weighted by atomic mass is 19.2. The van der Waals surface area contributed by atoms with Gasteiger partial charge in [0.25, 0.3) is 0 Å². The molecule has 0 radical (unpaired) electrons. The minimum Gasteiger partial charge on any atom is -0.505 e. The van der Waals surface area contributed by atoms with Crippen molar-refractivity contribution in [3.63, 3.8) is 0 Å². The monoisotopic (exact) mass is 332 g/mol. The van der Waals surface area contributed by atoms with Crippen LogP contribution in [-0.2, 0) is 0 Å². The summed E-state index contributed by atoms with van der Waals surface area (Å²) in [6.07, 6.45) is 14.5. The summed E-state index contributed by atoms with van der Waals surface area (Å²) in [5, 5.41) is 9.26. The lowest BCUT2D eigenvalue weighted by Gasteiger charge is -2.34. The highest BCUT2D eigenvalue weighted by Crippen LogP contribution is 2.42. The number of benzene rings is 1. The van der Waals surface area contributed by atoms with Gasteiger partial charge in [-0.1, -0.05) is 18.2 Å². The van der Waals surface area contributed by atoms with E-state index in [1.807, 2.05) is 0 Å². The Hall–Kier alpha value is -1.64. The fourth-order valence-electron chi connectivity index (χ4n) is 4.40. The van der Waals surface area contributed by atoms with Crippen LogP contribution in [0.2, 0.25) is 0 Å². The first-order chi connectivity index (χ1) is 11.6. The van der Waals surface area contributed by atoms with E-state index in [0.717, 1.165) is 36.7 Å². The zero-order chi connectivity index (χ0) is 17.1. The lowest BCUT2D eigenvalue weighted by atomic mass is 9.71. The number of phenolic OH excluding ortho intramolecular Hbond substituents is 1. The molecule has 0 aromatic heterocycles. The Morgan fingerprint density at radius 3 is 2.38 bits per heavy atom. The van der Waals surface area contributed by atoms with E-state index in [1.54, 1.807) is 0 Å². The molecule has 130 valence electrons. The number of hydrogen-bond donors (Lipinski definition) is 1. The SMILES string of the molecule is C/C=C/C1CCC(C2CC=C(c3ccc(O)c(F)c3F)CC2)CC1. The molecule has 0 heterocycles. The summed E-state index contributed by atoms with van der Waals surface area (Å²) in [5.41, 5.74) is 1.19. The van der Waals surface area contributed by atoms with Crippen LogP contribution >= 0.6 is 0 Å². The van der Waals surface area contributed by atoms with Gasteiger partial charge in [-0.05, 0) is 87.3 Å². The van der Waals surface area contributed by atoms with Crippen molar-refractivity contribution in [2.24, 2.45) is 17.8 Å². The van der Waals surface area contributed by atoms with E-state index >= 15 is 0 Å². The van der Waals surface area contributed by atoms with Crippen molar-refractivity contribution in [3.8, 4) is 5.75 Å². The van der Waals surface area contributed by atoms with Crippen molar-refractivity contribution in [1.82, 2.24) is 0 Å². The van der Waals surface area contributed by atoms with E-state index in [2.05, 4.69) is 25.2 Å². The van der Waals surface area contributed by atoms with Gasteiger partial charge in [-0.3, -0.25) is 0 Å². The average molecular weight is 332 g/mol. The maximum Gasteiger partial charge on any atom is 0.200 e. The summed E-state index contributed by atoms with van der Waals surface area (Å²) in [6, 6.07) is 2.73. The van der Waals surface area contributed by atoms with Crippen LogP contribution in [0.15, 0.2) is 30.4 Å². The molecule has 24 heavy (non-hydrogen) atoms. The van der Waals surface area contributed by atoms with Crippen LogP contribution < -0.4 is 0 Å². The van der Waals surface area contributed by atoms with Crippen LogP contribution in [0.5, 0.6) is 5.75 Å². The quantitative estimate of drug-likeness (QED) is 0.650. The molecule has 1 atom stereocenters. The molecule has 0 bridgehead atoms. The Balaban J connectivity index is 1.64. The molecule has 2 aliphatic rings. The van der Waals surface area contributed by atoms with Crippen molar-refractivity contribution < 1.29 is 13.9 Å². The van der Waals surface area contributed by atoms with Gasteiger partial charge >= 0.3 is 0 Å². The van der Waals surface area contributed by atoms with Crippen molar-refractivity contribution in [2.75, 3.05) is 0 Å². The van der Waals surface area contributed by atoms with Gasteiger partial charge < -0.3 is 5.11 Å². The van der Waals surface area contributed by atoms with Crippen LogP contribution in [0, 0.1) is 29.4 Å². The number of phenols is 1. The minimum absolute atomic E-state index is 0.306. The maximum absolute atomic E-state index is 14.0. The van der Waals surface area contributed by atoms with Crippen LogP contribution in [-0.4, -0.2) is 5.11 Å². The summed E-state index contributed by atoms with van der Waals surface area (Å²) in [5.74, 6) is -0.501. The summed E-state index contributed by atoms with van der Waals surface area (Å²) in [4.78, 5) is 0. The van der Waals surface area contributed by atoms with Gasteiger partial charge in [0, 0.05) is 5.56 Å². The topological polar surface area (TPSA) is 20.2 Å². The van der Waals surface area contributed by atoms with Crippen molar-refractivity contribution >= 4 is 5.57 Å². The summed E-state index contributed by atoms with van der Waals surface area (Å²) < 4.78 is 27.6. The van der Waals surface area contributed by atoms with Crippen molar-refractivity contribution in [2.45, 2.75) is 51.9 Å². The van der Waals surface area contributed by atoms with Crippen LogP contribution in [0.1, 0.15) is 57.4 Å². The fourth-order valence-corrected chi connectivity index (χ4v) is 4.40. The number of rotatable bonds is 3. The van der Waals surface area contributed by atoms with Gasteiger partial charge in [0.1, 0.15) is 0 Å². The van der Waals surface area contributed by atoms with E-state index in [9.17, 15) is 13.9 Å². The molecule has 0 amide bonds. The maximum atomic E-state index is 14.0. The fraction of sp³-hybridized carbons (Fsp3) is 0.524. The van der Waals surface area contributed by atoms with Crippen LogP contribution in [0.3, 0.4) is 0 Å². The second-order valence-corrected chi connectivity index (χ2v) is 7.22. The van der Waals surface area contributed by atoms with Gasteiger partial charge in [0.05, 0.1) is 0 Å². The highest BCUT2D eigenvalue weighted by molar-refractivity contribution is 5.67. The molecule has 3 rings (SSSR count). The summed E-state index contributed by atoms with van der Waals surface area (Å²) in [6.45, 7) is 2.09. The Labute approximate surface area is 143 Å². The number of halogens is 2. The average Bonchev–Trinajstić information content (AvgIpc) is 2.61. The van der Waals surface area contributed by atoms with E-state index in [1.165, 1.54) is 37.8 Å². The molecular formula is C21H26F2O. The van der Waals surface area contributed by atoms with Gasteiger partial charge in [0.2, 0.25) is 5.82 Å². The predicted octanol–water partition coefficient (Wildman–Crippen LogP) is 6.24. The molecule has 1 aromatic carbocycles. The van der Waals surface area contributed by atoms with Crippen molar-refractivity contribution in [1.29, 1.82) is 0 Å². The molecule has 1 unspecified atom stereocenters. The Kier molecular flexibility index (Phi) is 5.37. The molecule has 2 aliphatic carbocycles. The Morgan fingerprint density at radius 2 is 1.75 bits per heavy atom. The molecule has 1 fully saturated rings. The smallest absolute Gasteiger partial charge is 0.200 e. The molecule has 1 aromatic rings.